The van der Waals surface area contributed by atoms with Gasteiger partial charge in [0, 0.05) is 19.4 Å². The number of aromatic nitrogens is 4. The standard InChI is InChI=1S/C16H17F3N4O2.C7H4FNS/c17-16(18,19)14-13(25-12(22-14)4-3-9-1-2-9)15(24)23-6-5-10-11(7-23)21-8-20-10;8-5-2-1-3-6-7(5)9-4-10-6/h8-9H,1-7H2,(H,20,21);1-4H. The summed E-state index contributed by atoms with van der Waals surface area (Å²) >= 11 is 1.45. The normalized spacial score (nSPS) is 15.6. The molecule has 3 aromatic heterocycles. The molecule has 0 saturated heterocycles. The van der Waals surface area contributed by atoms with Gasteiger partial charge in [-0.25, -0.2) is 19.3 Å². The average molecular weight is 508 g/mol. The number of aryl methyl sites for hydroxylation is 1. The lowest BCUT2D eigenvalue weighted by atomic mass is 10.1. The first kappa shape index (κ1) is 23.5. The number of amides is 1. The first-order chi connectivity index (χ1) is 16.8. The molecule has 0 unspecified atom stereocenters. The molecule has 12 heteroatoms. The predicted molar refractivity (Wildman–Crippen MR) is 119 cm³/mol. The fraction of sp³-hybridized carbons (Fsp3) is 0.391. The smallest absolute Gasteiger partial charge is 0.435 e. The van der Waals surface area contributed by atoms with Gasteiger partial charge < -0.3 is 14.3 Å². The fourth-order valence-electron chi connectivity index (χ4n) is 3.92. The van der Waals surface area contributed by atoms with E-state index in [1.807, 2.05) is 6.07 Å². The first-order valence-corrected chi connectivity index (χ1v) is 12.0. The molecular weight excluding hydrogens is 486 g/mol. The molecule has 1 amide bonds. The minimum atomic E-state index is -4.72. The molecule has 1 fully saturated rings. The van der Waals surface area contributed by atoms with Crippen LogP contribution in [0.25, 0.3) is 10.2 Å². The molecule has 184 valence electrons. The second-order valence-electron chi connectivity index (χ2n) is 8.51. The van der Waals surface area contributed by atoms with Crippen LogP contribution in [0.1, 0.15) is 52.8 Å². The van der Waals surface area contributed by atoms with Crippen LogP contribution >= 0.6 is 11.3 Å². The maximum Gasteiger partial charge on any atom is 0.437 e. The van der Waals surface area contributed by atoms with E-state index in [4.69, 9.17) is 4.42 Å². The lowest BCUT2D eigenvalue weighted by molar-refractivity contribution is -0.141. The van der Waals surface area contributed by atoms with Crippen LogP contribution in [0.3, 0.4) is 0 Å². The summed E-state index contributed by atoms with van der Waals surface area (Å²) in [5.74, 6) is -1.19. The molecule has 0 bridgehead atoms. The molecule has 0 spiro atoms. The summed E-state index contributed by atoms with van der Waals surface area (Å²) in [7, 11) is 0. The Morgan fingerprint density at radius 1 is 1.26 bits per heavy atom. The first-order valence-electron chi connectivity index (χ1n) is 11.1. The number of carbonyl (C=O) groups is 1. The molecule has 0 atom stereocenters. The minimum absolute atomic E-state index is 0.0122. The fourth-order valence-corrected chi connectivity index (χ4v) is 4.61. The van der Waals surface area contributed by atoms with Crippen LogP contribution in [0.5, 0.6) is 0 Å². The molecule has 1 aromatic carbocycles. The molecule has 1 N–H and O–H groups in total. The Balaban J connectivity index is 0.000000211. The van der Waals surface area contributed by atoms with Gasteiger partial charge >= 0.3 is 6.18 Å². The van der Waals surface area contributed by atoms with Crippen LogP contribution in [0.4, 0.5) is 17.6 Å². The molecule has 4 aromatic rings. The number of rotatable bonds is 4. The highest BCUT2D eigenvalue weighted by Crippen LogP contribution is 2.36. The van der Waals surface area contributed by atoms with Crippen molar-refractivity contribution in [2.45, 2.75) is 44.8 Å². The van der Waals surface area contributed by atoms with Crippen molar-refractivity contribution in [3.05, 3.63) is 64.6 Å². The van der Waals surface area contributed by atoms with Gasteiger partial charge in [0.05, 0.1) is 34.5 Å². The van der Waals surface area contributed by atoms with E-state index >= 15 is 0 Å². The summed E-state index contributed by atoms with van der Waals surface area (Å²) in [5.41, 5.74) is 2.48. The van der Waals surface area contributed by atoms with Crippen molar-refractivity contribution in [3.63, 3.8) is 0 Å². The second kappa shape index (κ2) is 9.40. The Labute approximate surface area is 201 Å². The van der Waals surface area contributed by atoms with E-state index in [1.165, 1.54) is 28.6 Å². The Kier molecular flexibility index (Phi) is 6.30. The van der Waals surface area contributed by atoms with Gasteiger partial charge in [-0.1, -0.05) is 18.9 Å². The van der Waals surface area contributed by atoms with E-state index in [9.17, 15) is 22.4 Å². The molecule has 1 saturated carbocycles. The number of thiazole rings is 1. The van der Waals surface area contributed by atoms with E-state index in [1.54, 1.807) is 11.6 Å². The van der Waals surface area contributed by atoms with Gasteiger partial charge in [-0.15, -0.1) is 11.3 Å². The van der Waals surface area contributed by atoms with Crippen LogP contribution in [0.2, 0.25) is 0 Å². The van der Waals surface area contributed by atoms with Gasteiger partial charge in [0.2, 0.25) is 5.76 Å². The van der Waals surface area contributed by atoms with E-state index in [0.29, 0.717) is 30.8 Å². The number of carbonyl (C=O) groups excluding carboxylic acids is 1. The number of hydrogen-bond donors (Lipinski definition) is 1. The number of aromatic amines is 1. The molecule has 35 heavy (non-hydrogen) atoms. The zero-order chi connectivity index (χ0) is 24.6. The van der Waals surface area contributed by atoms with Crippen LogP contribution in [0.15, 0.2) is 34.5 Å². The number of nitrogens with one attached hydrogen (secondary N) is 1. The van der Waals surface area contributed by atoms with E-state index in [0.717, 1.165) is 35.4 Å². The number of alkyl halides is 3. The van der Waals surface area contributed by atoms with Gasteiger partial charge in [0.25, 0.3) is 5.91 Å². The number of oxazole rings is 1. The number of benzene rings is 1. The molecule has 7 nitrogen and oxygen atoms in total. The van der Waals surface area contributed by atoms with Crippen molar-refractivity contribution >= 4 is 27.5 Å². The summed E-state index contributed by atoms with van der Waals surface area (Å²) in [6, 6.07) is 4.97. The summed E-state index contributed by atoms with van der Waals surface area (Å²) in [6.07, 6.45) is 0.552. The van der Waals surface area contributed by atoms with Crippen molar-refractivity contribution in [1.29, 1.82) is 0 Å². The molecule has 1 aliphatic heterocycles. The summed E-state index contributed by atoms with van der Waals surface area (Å²) in [6.45, 7) is 0.482. The van der Waals surface area contributed by atoms with Crippen molar-refractivity contribution < 1.29 is 26.8 Å². The predicted octanol–water partition coefficient (Wildman–Crippen LogP) is 5.39. The zero-order valence-electron chi connectivity index (χ0n) is 18.4. The lowest BCUT2D eigenvalue weighted by Crippen LogP contribution is -2.36. The number of H-pyrrole nitrogens is 1. The topological polar surface area (TPSA) is 87.9 Å². The number of fused-ring (bicyclic) bond motifs is 2. The maximum absolute atomic E-state index is 13.3. The summed E-state index contributed by atoms with van der Waals surface area (Å²) in [4.78, 5) is 28.4. The number of para-hydroxylation sites is 1. The number of imidazole rings is 1. The third-order valence-corrected chi connectivity index (χ3v) is 6.77. The van der Waals surface area contributed by atoms with Crippen molar-refractivity contribution in [3.8, 4) is 0 Å². The number of nitrogens with zero attached hydrogens (tertiary/aromatic N) is 4. The monoisotopic (exact) mass is 507 g/mol. The Hall–Kier alpha value is -3.28. The van der Waals surface area contributed by atoms with Crippen LogP contribution < -0.4 is 0 Å². The SMILES string of the molecule is Fc1cccc2scnc12.O=C(c1oc(CCC2CC2)nc1C(F)(F)F)N1CCc2nc[nH]c2C1. The van der Waals surface area contributed by atoms with E-state index in [-0.39, 0.29) is 18.3 Å². The largest absolute Gasteiger partial charge is 0.437 e. The van der Waals surface area contributed by atoms with E-state index < -0.39 is 23.5 Å². The highest BCUT2D eigenvalue weighted by molar-refractivity contribution is 7.16. The van der Waals surface area contributed by atoms with Crippen molar-refractivity contribution in [2.24, 2.45) is 5.92 Å². The Morgan fingerprint density at radius 3 is 2.83 bits per heavy atom. The molecule has 4 heterocycles. The molecular formula is C23H21F4N5O2S. The van der Waals surface area contributed by atoms with Crippen molar-refractivity contribution in [2.75, 3.05) is 6.54 Å². The Bertz CT molecular complexity index is 1340. The number of hydrogen-bond acceptors (Lipinski definition) is 6. The third-order valence-electron chi connectivity index (χ3n) is 5.97. The lowest BCUT2D eigenvalue weighted by Gasteiger charge is -2.25. The highest BCUT2D eigenvalue weighted by Gasteiger charge is 2.42. The second-order valence-corrected chi connectivity index (χ2v) is 9.39. The molecule has 0 radical (unpaired) electrons. The van der Waals surface area contributed by atoms with Gasteiger partial charge in [-0.2, -0.15) is 13.2 Å². The molecule has 2 aliphatic rings. The van der Waals surface area contributed by atoms with E-state index in [2.05, 4.69) is 19.9 Å². The number of halogens is 4. The van der Waals surface area contributed by atoms with Crippen LogP contribution in [-0.2, 0) is 25.6 Å². The van der Waals surface area contributed by atoms with Crippen LogP contribution in [0, 0.1) is 11.7 Å². The maximum atomic E-state index is 13.3. The van der Waals surface area contributed by atoms with Crippen molar-refractivity contribution in [1.82, 2.24) is 24.8 Å². The summed E-state index contributed by atoms with van der Waals surface area (Å²) in [5, 5.41) is 0. The third kappa shape index (κ3) is 5.21. The highest BCUT2D eigenvalue weighted by atomic mass is 32.1. The van der Waals surface area contributed by atoms with Gasteiger partial charge in [-0.05, 0) is 24.5 Å². The quantitative estimate of drug-likeness (QED) is 0.374. The van der Waals surface area contributed by atoms with Gasteiger partial charge in [0.1, 0.15) is 11.3 Å². The summed E-state index contributed by atoms with van der Waals surface area (Å²) < 4.78 is 58.8. The minimum Gasteiger partial charge on any atom is -0.435 e. The Morgan fingerprint density at radius 2 is 2.09 bits per heavy atom. The van der Waals surface area contributed by atoms with Gasteiger partial charge in [-0.3, -0.25) is 4.79 Å². The molecule has 6 rings (SSSR count). The zero-order valence-corrected chi connectivity index (χ0v) is 19.3. The average Bonchev–Trinajstić information content (AvgIpc) is 3.21. The van der Waals surface area contributed by atoms with Gasteiger partial charge in [0.15, 0.2) is 11.6 Å². The van der Waals surface area contributed by atoms with Crippen LogP contribution in [-0.4, -0.2) is 37.3 Å². The molecule has 1 aliphatic carbocycles.